The third kappa shape index (κ3) is 3.68. The molecule has 2 aromatic rings. The van der Waals surface area contributed by atoms with Gasteiger partial charge in [0.2, 0.25) is 10.0 Å². The molecule has 0 atom stereocenters. The fraction of sp³-hybridized carbons (Fsp3) is 0.250. The highest BCUT2D eigenvalue weighted by Crippen LogP contribution is 2.33. The minimum atomic E-state index is -3.93. The van der Waals surface area contributed by atoms with Crippen LogP contribution in [0.2, 0.25) is 10.0 Å². The Kier molecular flexibility index (Phi) is 4.48. The lowest BCUT2D eigenvalue weighted by molar-refractivity contribution is 0.295. The number of nitrogens with zero attached hydrogens (tertiary/aromatic N) is 2. The van der Waals surface area contributed by atoms with Gasteiger partial charge < -0.3 is 4.74 Å². The van der Waals surface area contributed by atoms with Gasteiger partial charge in [-0.05, 0) is 19.1 Å². The lowest BCUT2D eigenvalue weighted by Crippen LogP contribution is -2.13. The summed E-state index contributed by atoms with van der Waals surface area (Å²) in [7, 11) is -2.13. The number of halogens is 2. The highest BCUT2D eigenvalue weighted by molar-refractivity contribution is 7.89. The second kappa shape index (κ2) is 5.84. The SMILES string of the molecule is Cc1cc(COc2cc(Cl)c(S(N)(=O)=O)cc2Cl)n(C)n1. The topological polar surface area (TPSA) is 87.2 Å². The van der Waals surface area contributed by atoms with Crippen LogP contribution in [-0.4, -0.2) is 18.2 Å². The molecule has 0 aliphatic heterocycles. The van der Waals surface area contributed by atoms with Gasteiger partial charge in [-0.15, -0.1) is 0 Å². The normalized spacial score (nSPS) is 11.7. The summed E-state index contributed by atoms with van der Waals surface area (Å²) in [4.78, 5) is -0.238. The summed E-state index contributed by atoms with van der Waals surface area (Å²) < 4.78 is 29.9. The Morgan fingerprint density at radius 3 is 2.48 bits per heavy atom. The number of ether oxygens (including phenoxy) is 1. The van der Waals surface area contributed by atoms with Crippen molar-refractivity contribution in [1.29, 1.82) is 0 Å². The molecule has 0 saturated carbocycles. The van der Waals surface area contributed by atoms with E-state index in [2.05, 4.69) is 5.10 Å². The number of rotatable bonds is 4. The molecule has 6 nitrogen and oxygen atoms in total. The molecule has 2 rings (SSSR count). The van der Waals surface area contributed by atoms with Crippen molar-refractivity contribution in [1.82, 2.24) is 9.78 Å². The third-order valence-corrected chi connectivity index (χ3v) is 4.44. The van der Waals surface area contributed by atoms with E-state index in [1.165, 1.54) is 12.1 Å². The molecule has 2 N–H and O–H groups in total. The minimum absolute atomic E-state index is 0.0434. The van der Waals surface area contributed by atoms with Crippen LogP contribution in [-0.2, 0) is 23.7 Å². The zero-order valence-corrected chi connectivity index (χ0v) is 13.6. The van der Waals surface area contributed by atoms with E-state index < -0.39 is 10.0 Å². The summed E-state index contributed by atoms with van der Waals surface area (Å²) in [5, 5.41) is 9.30. The fourth-order valence-corrected chi connectivity index (χ4v) is 3.16. The Labute approximate surface area is 132 Å². The Balaban J connectivity index is 2.26. The lowest BCUT2D eigenvalue weighted by Gasteiger charge is -2.10. The maximum absolute atomic E-state index is 11.3. The van der Waals surface area contributed by atoms with Crippen LogP contribution in [0.3, 0.4) is 0 Å². The molecule has 0 spiro atoms. The summed E-state index contributed by atoms with van der Waals surface area (Å²) >= 11 is 11.9. The largest absolute Gasteiger partial charge is 0.486 e. The van der Waals surface area contributed by atoms with Gasteiger partial charge in [0, 0.05) is 13.1 Å². The van der Waals surface area contributed by atoms with Gasteiger partial charge in [0.1, 0.15) is 17.3 Å². The number of benzene rings is 1. The minimum Gasteiger partial charge on any atom is -0.486 e. The van der Waals surface area contributed by atoms with Crippen molar-refractivity contribution in [2.75, 3.05) is 0 Å². The van der Waals surface area contributed by atoms with Crippen molar-refractivity contribution in [3.8, 4) is 5.75 Å². The van der Waals surface area contributed by atoms with E-state index in [-0.39, 0.29) is 27.3 Å². The molecule has 9 heteroatoms. The third-order valence-electron chi connectivity index (χ3n) is 2.77. The number of hydrogen-bond donors (Lipinski definition) is 1. The summed E-state index contributed by atoms with van der Waals surface area (Å²) in [6.45, 7) is 2.09. The second-order valence-corrected chi connectivity index (χ2v) is 6.79. The molecular formula is C12H13Cl2N3O3S. The molecule has 0 amide bonds. The maximum Gasteiger partial charge on any atom is 0.239 e. The molecule has 0 fully saturated rings. The fourth-order valence-electron chi connectivity index (χ4n) is 1.79. The smallest absolute Gasteiger partial charge is 0.239 e. The highest BCUT2D eigenvalue weighted by Gasteiger charge is 2.17. The first kappa shape index (κ1) is 16.1. The first-order valence-corrected chi connectivity index (χ1v) is 8.13. The van der Waals surface area contributed by atoms with Crippen molar-refractivity contribution in [3.63, 3.8) is 0 Å². The molecule has 1 aromatic carbocycles. The van der Waals surface area contributed by atoms with Crippen LogP contribution in [0.4, 0.5) is 0 Å². The van der Waals surface area contributed by atoms with Crippen molar-refractivity contribution in [3.05, 3.63) is 39.6 Å². The van der Waals surface area contributed by atoms with Crippen molar-refractivity contribution in [2.45, 2.75) is 18.4 Å². The molecule has 114 valence electrons. The van der Waals surface area contributed by atoms with Gasteiger partial charge in [-0.25, -0.2) is 13.6 Å². The number of primary sulfonamides is 1. The van der Waals surface area contributed by atoms with Gasteiger partial charge in [-0.1, -0.05) is 23.2 Å². The van der Waals surface area contributed by atoms with Crippen molar-refractivity contribution >= 4 is 33.2 Å². The predicted octanol–water partition coefficient (Wildman–Crippen LogP) is 2.26. The molecule has 0 bridgehead atoms. The zero-order valence-electron chi connectivity index (χ0n) is 11.3. The summed E-state index contributed by atoms with van der Waals surface area (Å²) in [6.07, 6.45) is 0. The molecule has 0 aliphatic rings. The van der Waals surface area contributed by atoms with Crippen LogP contribution in [0.25, 0.3) is 0 Å². The number of hydrogen-bond acceptors (Lipinski definition) is 4. The van der Waals surface area contributed by atoms with E-state index >= 15 is 0 Å². The summed E-state index contributed by atoms with van der Waals surface area (Å²) in [5.41, 5.74) is 1.71. The molecule has 21 heavy (non-hydrogen) atoms. The van der Waals surface area contributed by atoms with Gasteiger partial charge in [0.15, 0.2) is 0 Å². The van der Waals surface area contributed by atoms with Crippen LogP contribution < -0.4 is 9.88 Å². The molecule has 0 unspecified atom stereocenters. The van der Waals surface area contributed by atoms with E-state index in [0.717, 1.165) is 11.4 Å². The van der Waals surface area contributed by atoms with Crippen LogP contribution in [0.1, 0.15) is 11.4 Å². The zero-order chi connectivity index (χ0) is 15.8. The number of sulfonamides is 1. The number of aromatic nitrogens is 2. The van der Waals surface area contributed by atoms with Crippen LogP contribution in [0.15, 0.2) is 23.1 Å². The Morgan fingerprint density at radius 1 is 1.29 bits per heavy atom. The van der Waals surface area contributed by atoms with E-state index in [1.54, 1.807) is 11.7 Å². The van der Waals surface area contributed by atoms with E-state index in [0.29, 0.717) is 0 Å². The first-order chi connectivity index (χ1) is 9.68. The van der Waals surface area contributed by atoms with E-state index in [9.17, 15) is 8.42 Å². The first-order valence-electron chi connectivity index (χ1n) is 5.82. The lowest BCUT2D eigenvalue weighted by atomic mass is 10.3. The highest BCUT2D eigenvalue weighted by atomic mass is 35.5. The van der Waals surface area contributed by atoms with Gasteiger partial charge in [-0.3, -0.25) is 4.68 Å². The molecular weight excluding hydrogens is 337 g/mol. The Morgan fingerprint density at radius 2 is 1.95 bits per heavy atom. The average molecular weight is 350 g/mol. The van der Waals surface area contributed by atoms with Crippen LogP contribution in [0, 0.1) is 6.92 Å². The van der Waals surface area contributed by atoms with E-state index in [4.69, 9.17) is 33.1 Å². The second-order valence-electron chi connectivity index (χ2n) is 4.45. The number of aryl methyl sites for hydroxylation is 2. The van der Waals surface area contributed by atoms with Gasteiger partial charge in [0.25, 0.3) is 0 Å². The van der Waals surface area contributed by atoms with Gasteiger partial charge in [0.05, 0.1) is 21.4 Å². The summed E-state index contributed by atoms with van der Waals surface area (Å²) in [5.74, 6) is 0.271. The van der Waals surface area contributed by atoms with E-state index in [1.807, 2.05) is 13.0 Å². The predicted molar refractivity (Wildman–Crippen MR) is 80.1 cm³/mol. The molecule has 1 heterocycles. The summed E-state index contributed by atoms with van der Waals surface area (Å²) in [6, 6.07) is 4.37. The van der Waals surface area contributed by atoms with Crippen LogP contribution in [0.5, 0.6) is 5.75 Å². The van der Waals surface area contributed by atoms with Gasteiger partial charge in [-0.2, -0.15) is 5.10 Å². The molecule has 0 saturated heterocycles. The van der Waals surface area contributed by atoms with Crippen molar-refractivity contribution < 1.29 is 13.2 Å². The molecule has 0 radical (unpaired) electrons. The maximum atomic E-state index is 11.3. The number of nitrogens with two attached hydrogens (primary N) is 1. The van der Waals surface area contributed by atoms with Crippen molar-refractivity contribution in [2.24, 2.45) is 12.2 Å². The molecule has 1 aromatic heterocycles. The molecule has 0 aliphatic carbocycles. The quantitative estimate of drug-likeness (QED) is 0.916. The van der Waals surface area contributed by atoms with Crippen LogP contribution >= 0.6 is 23.2 Å². The van der Waals surface area contributed by atoms with Gasteiger partial charge >= 0.3 is 0 Å². The Bertz CT molecular complexity index is 787. The Hall–Kier alpha value is -1.28. The average Bonchev–Trinajstić information content (AvgIpc) is 2.67. The monoisotopic (exact) mass is 349 g/mol. The standard InChI is InChI=1S/C12H13Cl2N3O3S/c1-7-3-8(17(2)16-7)6-20-11-4-10(14)12(5-9(11)13)21(15,18)19/h3-5H,6H2,1-2H3,(H2,15,18,19).